The second-order valence-corrected chi connectivity index (χ2v) is 5.08. The van der Waals surface area contributed by atoms with E-state index in [1.807, 2.05) is 0 Å². The van der Waals surface area contributed by atoms with Crippen LogP contribution < -0.4 is 5.32 Å². The van der Waals surface area contributed by atoms with Crippen molar-refractivity contribution in [1.82, 2.24) is 4.98 Å². The molecule has 0 fully saturated rings. The van der Waals surface area contributed by atoms with Crippen molar-refractivity contribution in [2.75, 3.05) is 12.4 Å². The number of aromatic nitrogens is 1. The van der Waals surface area contributed by atoms with Crippen molar-refractivity contribution in [3.63, 3.8) is 0 Å². The molecule has 1 heterocycles. The van der Waals surface area contributed by atoms with Crippen molar-refractivity contribution in [3.8, 4) is 0 Å². The van der Waals surface area contributed by atoms with Crippen LogP contribution in [-0.4, -0.2) is 18.1 Å². The van der Waals surface area contributed by atoms with E-state index in [4.69, 9.17) is 16.3 Å². The molecule has 21 heavy (non-hydrogen) atoms. The van der Waals surface area contributed by atoms with Crippen molar-refractivity contribution >= 4 is 23.3 Å². The summed E-state index contributed by atoms with van der Waals surface area (Å²) in [6.45, 7) is 1.60. The summed E-state index contributed by atoms with van der Waals surface area (Å²) in [5, 5.41) is 3.61. The summed E-state index contributed by atoms with van der Waals surface area (Å²) >= 11 is 5.83. The number of nitrogens with zero attached hydrogens (tertiary/aromatic N) is 1. The van der Waals surface area contributed by atoms with Crippen molar-refractivity contribution in [1.29, 1.82) is 0 Å². The summed E-state index contributed by atoms with van der Waals surface area (Å²) in [5.41, 5.74) is -0.252. The van der Waals surface area contributed by atoms with Crippen LogP contribution in [0.5, 0.6) is 0 Å². The zero-order valence-corrected chi connectivity index (χ0v) is 12.3. The lowest BCUT2D eigenvalue weighted by Gasteiger charge is -2.29. The number of esters is 1. The van der Waals surface area contributed by atoms with Gasteiger partial charge in [0.05, 0.1) is 13.3 Å². The molecule has 0 spiro atoms. The fourth-order valence-corrected chi connectivity index (χ4v) is 2.08. The molecular weight excluding hydrogens is 295 g/mol. The lowest BCUT2D eigenvalue weighted by molar-refractivity contribution is -0.145. The first-order chi connectivity index (χ1) is 9.95. The quantitative estimate of drug-likeness (QED) is 0.880. The molecule has 0 aliphatic carbocycles. The minimum Gasteiger partial charge on any atom is -0.467 e. The Bertz CT molecular complexity index is 648. The van der Waals surface area contributed by atoms with E-state index in [9.17, 15) is 9.18 Å². The van der Waals surface area contributed by atoms with E-state index in [2.05, 4.69) is 10.3 Å². The van der Waals surface area contributed by atoms with Gasteiger partial charge in [0.2, 0.25) is 0 Å². The standard InChI is InChI=1S/C15H14ClFN2O2/c1-15(14(20)21-2,10-7-12(17)9-18-8-10)19-13-5-3-11(16)4-6-13/h3-9,19H,1-2H3. The number of anilines is 1. The molecular formula is C15H14ClFN2O2. The number of benzene rings is 1. The minimum atomic E-state index is -1.27. The van der Waals surface area contributed by atoms with Crippen molar-refractivity contribution in [2.45, 2.75) is 12.5 Å². The molecule has 1 N–H and O–H groups in total. The van der Waals surface area contributed by atoms with Crippen LogP contribution in [0, 0.1) is 5.82 Å². The summed E-state index contributed by atoms with van der Waals surface area (Å²) < 4.78 is 18.2. The lowest BCUT2D eigenvalue weighted by Crippen LogP contribution is -2.41. The molecule has 0 radical (unpaired) electrons. The number of halogens is 2. The summed E-state index contributed by atoms with van der Waals surface area (Å²) in [4.78, 5) is 15.9. The number of carbonyl (C=O) groups excluding carboxylic acids is 1. The van der Waals surface area contributed by atoms with Gasteiger partial charge in [0, 0.05) is 22.5 Å². The fourth-order valence-electron chi connectivity index (χ4n) is 1.95. The number of nitrogens with one attached hydrogen (secondary N) is 1. The summed E-state index contributed by atoms with van der Waals surface area (Å²) in [6.07, 6.45) is 2.49. The molecule has 4 nitrogen and oxygen atoms in total. The van der Waals surface area contributed by atoms with E-state index in [-0.39, 0.29) is 0 Å². The molecule has 0 saturated heterocycles. The molecule has 0 aliphatic heterocycles. The molecule has 0 aliphatic rings. The van der Waals surface area contributed by atoms with Gasteiger partial charge in [0.25, 0.3) is 0 Å². The molecule has 6 heteroatoms. The van der Waals surface area contributed by atoms with Gasteiger partial charge in [-0.1, -0.05) is 11.6 Å². The number of pyridine rings is 1. The van der Waals surface area contributed by atoms with Crippen molar-refractivity contribution in [2.24, 2.45) is 0 Å². The maximum Gasteiger partial charge on any atom is 0.335 e. The van der Waals surface area contributed by atoms with E-state index in [1.165, 1.54) is 19.4 Å². The molecule has 2 aromatic rings. The van der Waals surface area contributed by atoms with Crippen LogP contribution in [-0.2, 0) is 15.1 Å². The van der Waals surface area contributed by atoms with Crippen LogP contribution in [0.2, 0.25) is 5.02 Å². The van der Waals surface area contributed by atoms with Crippen molar-refractivity contribution < 1.29 is 13.9 Å². The number of rotatable bonds is 4. The molecule has 1 aromatic carbocycles. The number of methoxy groups -OCH3 is 1. The Labute approximate surface area is 126 Å². The van der Waals surface area contributed by atoms with E-state index >= 15 is 0 Å². The first-order valence-electron chi connectivity index (χ1n) is 6.19. The SMILES string of the molecule is COC(=O)C(C)(Nc1ccc(Cl)cc1)c1cncc(F)c1. The highest BCUT2D eigenvalue weighted by Crippen LogP contribution is 2.28. The van der Waals surface area contributed by atoms with Gasteiger partial charge in [-0.2, -0.15) is 0 Å². The number of hydrogen-bond acceptors (Lipinski definition) is 4. The summed E-state index contributed by atoms with van der Waals surface area (Å²) in [7, 11) is 1.27. The molecule has 1 atom stereocenters. The van der Waals surface area contributed by atoms with Gasteiger partial charge in [-0.3, -0.25) is 4.98 Å². The Morgan fingerprint density at radius 3 is 2.57 bits per heavy atom. The second-order valence-electron chi connectivity index (χ2n) is 4.64. The first kappa shape index (κ1) is 15.3. The molecule has 0 amide bonds. The highest BCUT2D eigenvalue weighted by molar-refractivity contribution is 6.30. The van der Waals surface area contributed by atoms with Crippen LogP contribution in [0.3, 0.4) is 0 Å². The Morgan fingerprint density at radius 2 is 2.00 bits per heavy atom. The van der Waals surface area contributed by atoms with Gasteiger partial charge in [0.15, 0.2) is 5.54 Å². The molecule has 1 unspecified atom stereocenters. The first-order valence-corrected chi connectivity index (χ1v) is 6.56. The van der Waals surface area contributed by atoms with Gasteiger partial charge >= 0.3 is 5.97 Å². The van der Waals surface area contributed by atoms with Crippen LogP contribution in [0.25, 0.3) is 0 Å². The highest BCUT2D eigenvalue weighted by Gasteiger charge is 2.37. The largest absolute Gasteiger partial charge is 0.467 e. The van der Waals surface area contributed by atoms with Gasteiger partial charge in [-0.15, -0.1) is 0 Å². The molecule has 110 valence electrons. The molecule has 0 bridgehead atoms. The third-order valence-corrected chi connectivity index (χ3v) is 3.37. The summed E-state index contributed by atoms with van der Waals surface area (Å²) in [5.74, 6) is -1.08. The van der Waals surface area contributed by atoms with Gasteiger partial charge in [-0.05, 0) is 37.3 Å². The van der Waals surface area contributed by atoms with Crippen LogP contribution in [0.1, 0.15) is 12.5 Å². The Balaban J connectivity index is 2.42. The predicted molar refractivity (Wildman–Crippen MR) is 78.6 cm³/mol. The Hall–Kier alpha value is -2.14. The maximum absolute atomic E-state index is 13.4. The average Bonchev–Trinajstić information content (AvgIpc) is 2.48. The Morgan fingerprint density at radius 1 is 1.33 bits per heavy atom. The van der Waals surface area contributed by atoms with Crippen molar-refractivity contribution in [3.05, 3.63) is 59.1 Å². The van der Waals surface area contributed by atoms with Crippen LogP contribution in [0.4, 0.5) is 10.1 Å². The molecule has 1 aromatic heterocycles. The fraction of sp³-hybridized carbons (Fsp3) is 0.200. The lowest BCUT2D eigenvalue weighted by atomic mass is 9.93. The highest BCUT2D eigenvalue weighted by atomic mass is 35.5. The van der Waals surface area contributed by atoms with Gasteiger partial charge in [0.1, 0.15) is 5.82 Å². The minimum absolute atomic E-state index is 0.365. The number of carbonyl (C=O) groups is 1. The normalized spacial score (nSPS) is 13.3. The smallest absolute Gasteiger partial charge is 0.335 e. The van der Waals surface area contributed by atoms with E-state index in [1.54, 1.807) is 31.2 Å². The average molecular weight is 309 g/mol. The third kappa shape index (κ3) is 3.31. The van der Waals surface area contributed by atoms with E-state index in [0.29, 0.717) is 16.3 Å². The summed E-state index contributed by atoms with van der Waals surface area (Å²) in [6, 6.07) is 8.05. The Kier molecular flexibility index (Phi) is 4.43. The van der Waals surface area contributed by atoms with Gasteiger partial charge in [-0.25, -0.2) is 9.18 Å². The topological polar surface area (TPSA) is 51.2 Å². The van der Waals surface area contributed by atoms with Gasteiger partial charge < -0.3 is 10.1 Å². The van der Waals surface area contributed by atoms with Crippen LogP contribution in [0.15, 0.2) is 42.7 Å². The zero-order chi connectivity index (χ0) is 15.5. The maximum atomic E-state index is 13.4. The third-order valence-electron chi connectivity index (χ3n) is 3.11. The number of hydrogen-bond donors (Lipinski definition) is 1. The second kappa shape index (κ2) is 6.10. The monoisotopic (exact) mass is 308 g/mol. The zero-order valence-electron chi connectivity index (χ0n) is 11.6. The van der Waals surface area contributed by atoms with Crippen LogP contribution >= 0.6 is 11.6 Å². The number of ether oxygens (including phenoxy) is 1. The molecule has 2 rings (SSSR count). The predicted octanol–water partition coefficient (Wildman–Crippen LogP) is 3.37. The van der Waals surface area contributed by atoms with E-state index in [0.717, 1.165) is 6.20 Å². The van der Waals surface area contributed by atoms with E-state index < -0.39 is 17.3 Å². The molecule has 0 saturated carbocycles.